The summed E-state index contributed by atoms with van der Waals surface area (Å²) in [5.74, 6) is -6.47. The van der Waals surface area contributed by atoms with Crippen molar-refractivity contribution in [2.75, 3.05) is 6.54 Å². The third-order valence-electron chi connectivity index (χ3n) is 6.01. The summed E-state index contributed by atoms with van der Waals surface area (Å²) < 4.78 is 76.2. The molecule has 2 fully saturated rings. The summed E-state index contributed by atoms with van der Waals surface area (Å²) in [6.45, 7) is 2.51. The molecule has 3 nitrogen and oxygen atoms in total. The first-order chi connectivity index (χ1) is 15.6. The molecule has 2 aromatic carbocycles. The molecule has 2 aliphatic rings. The van der Waals surface area contributed by atoms with Crippen LogP contribution in [0.1, 0.15) is 32.3 Å². The van der Waals surface area contributed by atoms with Crippen LogP contribution in [0, 0.1) is 23.4 Å². The van der Waals surface area contributed by atoms with Crippen molar-refractivity contribution in [2.24, 2.45) is 5.92 Å². The lowest BCUT2D eigenvalue weighted by molar-refractivity contribution is -0.136. The second-order valence-corrected chi connectivity index (χ2v) is 10.1. The Morgan fingerprint density at radius 2 is 1.88 bits per heavy atom. The van der Waals surface area contributed by atoms with Crippen LogP contribution in [0.4, 0.5) is 22.0 Å². The fraction of sp³-hybridized carbons (Fsp3) is 0.458. The van der Waals surface area contributed by atoms with Crippen molar-refractivity contribution in [2.45, 2.75) is 56.4 Å². The number of nitrogens with zero attached hydrogens (tertiary/aromatic N) is 1. The molecule has 0 radical (unpaired) electrons. The number of carbonyl (C=O) groups is 1. The third kappa shape index (κ3) is 5.04. The average Bonchev–Trinajstić information content (AvgIpc) is 3.54. The zero-order valence-corrected chi connectivity index (χ0v) is 19.1. The number of alkyl halides is 2. The minimum atomic E-state index is -3.19. The molecule has 2 unspecified atom stereocenters. The van der Waals surface area contributed by atoms with Crippen molar-refractivity contribution in [1.29, 1.82) is 0 Å². The molecule has 1 amide bonds. The Kier molecular flexibility index (Phi) is 6.73. The minimum absolute atomic E-state index is 0.0589. The predicted molar refractivity (Wildman–Crippen MR) is 118 cm³/mol. The zero-order valence-electron chi connectivity index (χ0n) is 18.3. The van der Waals surface area contributed by atoms with Crippen LogP contribution >= 0.6 is 11.9 Å². The number of carbonyl (C=O) groups excluding carboxylic acids is 1. The molecule has 0 aromatic heterocycles. The molecule has 1 N–H and O–H groups in total. The molecular weight excluding hydrogens is 459 g/mol. The van der Waals surface area contributed by atoms with Crippen LogP contribution in [0.5, 0.6) is 0 Å². The molecule has 1 aliphatic heterocycles. The quantitative estimate of drug-likeness (QED) is 0.411. The fourth-order valence-corrected chi connectivity index (χ4v) is 5.14. The highest BCUT2D eigenvalue weighted by Crippen LogP contribution is 2.40. The third-order valence-corrected chi connectivity index (χ3v) is 7.21. The van der Waals surface area contributed by atoms with Gasteiger partial charge < -0.3 is 4.90 Å². The first-order valence-corrected chi connectivity index (χ1v) is 11.8. The van der Waals surface area contributed by atoms with Gasteiger partial charge in [-0.25, -0.2) is 22.0 Å². The second-order valence-electron chi connectivity index (χ2n) is 8.97. The number of halogens is 5. The Balaban J connectivity index is 1.69. The summed E-state index contributed by atoms with van der Waals surface area (Å²) in [5.41, 5.74) is -0.350. The number of likely N-dealkylation sites (tertiary alicyclic amines) is 1. The van der Waals surface area contributed by atoms with E-state index < -0.39 is 53.8 Å². The highest BCUT2D eigenvalue weighted by Gasteiger charge is 2.56. The number of hydrogen-bond acceptors (Lipinski definition) is 3. The van der Waals surface area contributed by atoms with Crippen molar-refractivity contribution in [3.05, 3.63) is 59.4 Å². The van der Waals surface area contributed by atoms with Gasteiger partial charge in [0.05, 0.1) is 12.6 Å². The molecule has 4 rings (SSSR count). The van der Waals surface area contributed by atoms with Gasteiger partial charge in [-0.2, -0.15) is 0 Å². The van der Waals surface area contributed by atoms with E-state index in [0.717, 1.165) is 35.9 Å². The van der Waals surface area contributed by atoms with E-state index >= 15 is 4.39 Å². The summed E-state index contributed by atoms with van der Waals surface area (Å²) in [6.07, 6.45) is 1.68. The number of rotatable bonds is 7. The van der Waals surface area contributed by atoms with Crippen LogP contribution in [0.3, 0.4) is 0 Å². The zero-order chi connectivity index (χ0) is 23.9. The molecule has 2 atom stereocenters. The number of amides is 1. The van der Waals surface area contributed by atoms with Gasteiger partial charge in [-0.15, -0.1) is 0 Å². The fourth-order valence-electron chi connectivity index (χ4n) is 4.10. The molecule has 0 spiro atoms. The van der Waals surface area contributed by atoms with E-state index in [-0.39, 0.29) is 28.4 Å². The van der Waals surface area contributed by atoms with Gasteiger partial charge in [0.25, 0.3) is 5.92 Å². The molecule has 2 aromatic rings. The Hall–Kier alpha value is -2.13. The molecule has 1 saturated heterocycles. The van der Waals surface area contributed by atoms with E-state index in [9.17, 15) is 22.4 Å². The molecular formula is C24H25F5N2OS. The van der Waals surface area contributed by atoms with Crippen molar-refractivity contribution in [1.82, 2.24) is 9.62 Å². The van der Waals surface area contributed by atoms with Crippen molar-refractivity contribution in [3.8, 4) is 11.1 Å². The van der Waals surface area contributed by atoms with Crippen LogP contribution in [-0.4, -0.2) is 40.6 Å². The summed E-state index contributed by atoms with van der Waals surface area (Å²) in [6, 6.07) is 4.60. The van der Waals surface area contributed by atoms with Gasteiger partial charge in [0.1, 0.15) is 23.5 Å². The van der Waals surface area contributed by atoms with Gasteiger partial charge in [0.15, 0.2) is 0 Å². The highest BCUT2D eigenvalue weighted by atomic mass is 32.2. The topological polar surface area (TPSA) is 32.3 Å². The monoisotopic (exact) mass is 484 g/mol. The van der Waals surface area contributed by atoms with Gasteiger partial charge >= 0.3 is 0 Å². The Morgan fingerprint density at radius 3 is 2.55 bits per heavy atom. The lowest BCUT2D eigenvalue weighted by atomic mass is 9.95. The summed E-state index contributed by atoms with van der Waals surface area (Å²) >= 11 is 1.23. The molecule has 1 heterocycles. The maximum Gasteiger partial charge on any atom is 0.283 e. The van der Waals surface area contributed by atoms with Crippen LogP contribution in [0.25, 0.3) is 11.1 Å². The van der Waals surface area contributed by atoms with Crippen molar-refractivity contribution >= 4 is 17.9 Å². The van der Waals surface area contributed by atoms with Crippen molar-refractivity contribution in [3.63, 3.8) is 0 Å². The van der Waals surface area contributed by atoms with E-state index in [1.165, 1.54) is 30.1 Å². The summed E-state index contributed by atoms with van der Waals surface area (Å²) in [5, 5.41) is 0.257. The predicted octanol–water partition coefficient (Wildman–Crippen LogP) is 5.58. The molecule has 33 heavy (non-hydrogen) atoms. The van der Waals surface area contributed by atoms with Crippen LogP contribution in [0.15, 0.2) is 36.4 Å². The second kappa shape index (κ2) is 9.25. The first kappa shape index (κ1) is 24.0. The molecule has 1 saturated carbocycles. The maximum atomic E-state index is 15.4. The molecule has 0 bridgehead atoms. The van der Waals surface area contributed by atoms with Crippen LogP contribution in [0.2, 0.25) is 0 Å². The van der Waals surface area contributed by atoms with E-state index in [1.807, 2.05) is 0 Å². The van der Waals surface area contributed by atoms with Crippen LogP contribution < -0.4 is 4.72 Å². The summed E-state index contributed by atoms with van der Waals surface area (Å²) in [7, 11) is 0. The average molecular weight is 485 g/mol. The molecule has 178 valence electrons. The number of benzene rings is 2. The maximum absolute atomic E-state index is 15.4. The van der Waals surface area contributed by atoms with E-state index in [1.54, 1.807) is 13.8 Å². The van der Waals surface area contributed by atoms with E-state index in [2.05, 4.69) is 4.72 Å². The Labute approximate surface area is 193 Å². The van der Waals surface area contributed by atoms with Gasteiger partial charge in [-0.05, 0) is 43.0 Å². The summed E-state index contributed by atoms with van der Waals surface area (Å²) in [4.78, 5) is 13.9. The van der Waals surface area contributed by atoms with Gasteiger partial charge in [0.2, 0.25) is 5.91 Å². The Morgan fingerprint density at radius 1 is 1.15 bits per heavy atom. The van der Waals surface area contributed by atoms with Gasteiger partial charge in [-0.3, -0.25) is 9.52 Å². The smallest absolute Gasteiger partial charge is 0.283 e. The van der Waals surface area contributed by atoms with E-state index in [4.69, 9.17) is 0 Å². The largest absolute Gasteiger partial charge is 0.331 e. The molecule has 1 aliphatic carbocycles. The first-order valence-electron chi connectivity index (χ1n) is 10.9. The standard InChI is InChI=1S/C24H25F5N2OS/c1-13(2)23(32)31-12-24(28,29)22(30-33-16-7-8-16)20(31)10-14-4-3-5-17(21(14)27)18-11-15(25)6-9-19(18)26/h3-6,9,11,13,16,20,22,30H,7-8,10,12H2,1-2H3. The van der Waals surface area contributed by atoms with Gasteiger partial charge in [-0.1, -0.05) is 44.0 Å². The lowest BCUT2D eigenvalue weighted by Crippen LogP contribution is -2.48. The normalized spacial score (nSPS) is 22.2. The minimum Gasteiger partial charge on any atom is -0.331 e. The van der Waals surface area contributed by atoms with Crippen molar-refractivity contribution < 1.29 is 26.7 Å². The Bertz CT molecular complexity index is 1040. The number of hydrogen-bond donors (Lipinski definition) is 1. The lowest BCUT2D eigenvalue weighted by Gasteiger charge is -2.29. The SMILES string of the molecule is CC(C)C(=O)N1CC(F)(F)C(NSC2CC2)C1Cc1cccc(-c2cc(F)ccc2F)c1F. The molecule has 9 heteroatoms. The van der Waals surface area contributed by atoms with Crippen LogP contribution in [-0.2, 0) is 11.2 Å². The number of nitrogens with one attached hydrogen (secondary N) is 1. The van der Waals surface area contributed by atoms with Gasteiger partial charge in [0, 0.05) is 22.3 Å². The highest BCUT2D eigenvalue weighted by molar-refractivity contribution is 7.98. The van der Waals surface area contributed by atoms with E-state index in [0.29, 0.717) is 0 Å².